The lowest BCUT2D eigenvalue weighted by atomic mass is 10.1. The van der Waals surface area contributed by atoms with Gasteiger partial charge in [-0.1, -0.05) is 58.7 Å². The fourth-order valence-electron chi connectivity index (χ4n) is 1.98. The Kier molecular flexibility index (Phi) is 6.30. The van der Waals surface area contributed by atoms with E-state index in [4.69, 9.17) is 4.74 Å². The SMILES string of the molecule is CCCCCCC[C@@H]1O[C@H]1CC#C[Si](C)(C)C. The second-order valence-electron chi connectivity index (χ2n) is 6.17. The van der Waals surface area contributed by atoms with E-state index in [9.17, 15) is 0 Å². The van der Waals surface area contributed by atoms with E-state index in [1.165, 1.54) is 38.5 Å². The standard InChI is InChI=1S/C15H28OSi/c1-5-6-7-8-9-11-14-15(16-14)12-10-13-17(2,3)4/h14-15H,5-9,11-12H2,1-4H3/t14-,15-/m0/s1. The molecular weight excluding hydrogens is 224 g/mol. The van der Waals surface area contributed by atoms with Crippen LogP contribution in [0.15, 0.2) is 0 Å². The van der Waals surface area contributed by atoms with Crippen LogP contribution in [0.3, 0.4) is 0 Å². The molecule has 0 spiro atoms. The van der Waals surface area contributed by atoms with Gasteiger partial charge in [-0.3, -0.25) is 0 Å². The van der Waals surface area contributed by atoms with Gasteiger partial charge in [-0.2, -0.15) is 0 Å². The van der Waals surface area contributed by atoms with Crippen molar-refractivity contribution in [1.82, 2.24) is 0 Å². The van der Waals surface area contributed by atoms with E-state index >= 15 is 0 Å². The summed E-state index contributed by atoms with van der Waals surface area (Å²) in [6.45, 7) is 9.13. The third kappa shape index (κ3) is 7.62. The molecule has 2 atom stereocenters. The molecule has 1 fully saturated rings. The van der Waals surface area contributed by atoms with Crippen molar-refractivity contribution in [3.8, 4) is 11.5 Å². The maximum absolute atomic E-state index is 5.65. The molecule has 0 bridgehead atoms. The molecule has 1 rings (SSSR count). The van der Waals surface area contributed by atoms with Gasteiger partial charge in [0.15, 0.2) is 0 Å². The predicted octanol–water partition coefficient (Wildman–Crippen LogP) is 4.39. The fraction of sp³-hybridized carbons (Fsp3) is 0.867. The lowest BCUT2D eigenvalue weighted by Gasteiger charge is -2.02. The minimum atomic E-state index is -1.18. The van der Waals surface area contributed by atoms with Crippen LogP contribution in [0.25, 0.3) is 0 Å². The summed E-state index contributed by atoms with van der Waals surface area (Å²) in [5, 5.41) is 0. The second kappa shape index (κ2) is 7.23. The normalized spacial score (nSPS) is 23.1. The van der Waals surface area contributed by atoms with Gasteiger partial charge in [-0.05, 0) is 6.42 Å². The first-order chi connectivity index (χ1) is 8.03. The molecule has 0 N–H and O–H groups in total. The number of rotatable bonds is 7. The largest absolute Gasteiger partial charge is 0.369 e. The van der Waals surface area contributed by atoms with Crippen molar-refractivity contribution in [2.24, 2.45) is 0 Å². The summed E-state index contributed by atoms with van der Waals surface area (Å²) in [6.07, 6.45) is 10.0. The Morgan fingerprint density at radius 1 is 1.00 bits per heavy atom. The number of ether oxygens (including phenoxy) is 1. The number of hydrogen-bond acceptors (Lipinski definition) is 1. The molecule has 1 aliphatic heterocycles. The second-order valence-corrected chi connectivity index (χ2v) is 10.9. The minimum Gasteiger partial charge on any atom is -0.369 e. The van der Waals surface area contributed by atoms with Crippen LogP contribution in [0.4, 0.5) is 0 Å². The van der Waals surface area contributed by atoms with Crippen LogP contribution >= 0.6 is 0 Å². The third-order valence-electron chi connectivity index (χ3n) is 3.05. The molecule has 98 valence electrons. The topological polar surface area (TPSA) is 12.5 Å². The quantitative estimate of drug-likeness (QED) is 0.283. The Balaban J connectivity index is 1.99. The average molecular weight is 252 g/mol. The molecule has 1 aliphatic rings. The van der Waals surface area contributed by atoms with Gasteiger partial charge in [-0.25, -0.2) is 0 Å². The molecule has 1 saturated heterocycles. The Labute approximate surface area is 108 Å². The first-order valence-electron chi connectivity index (χ1n) is 7.18. The predicted molar refractivity (Wildman–Crippen MR) is 77.8 cm³/mol. The van der Waals surface area contributed by atoms with Crippen molar-refractivity contribution in [3.63, 3.8) is 0 Å². The number of epoxide rings is 1. The summed E-state index contributed by atoms with van der Waals surface area (Å²) in [5.41, 5.74) is 3.41. The van der Waals surface area contributed by atoms with Crippen molar-refractivity contribution in [1.29, 1.82) is 0 Å². The van der Waals surface area contributed by atoms with Crippen molar-refractivity contribution < 1.29 is 4.74 Å². The molecule has 0 aromatic rings. The van der Waals surface area contributed by atoms with E-state index in [-0.39, 0.29) is 0 Å². The zero-order valence-electron chi connectivity index (χ0n) is 12.0. The zero-order valence-corrected chi connectivity index (χ0v) is 13.0. The monoisotopic (exact) mass is 252 g/mol. The number of unbranched alkanes of at least 4 members (excludes halogenated alkanes) is 4. The van der Waals surface area contributed by atoms with Crippen LogP contribution < -0.4 is 0 Å². The smallest absolute Gasteiger partial charge is 0.129 e. The Hall–Kier alpha value is -0.263. The lowest BCUT2D eigenvalue weighted by Crippen LogP contribution is -2.16. The first kappa shape index (κ1) is 14.8. The molecular formula is C15H28OSi. The molecule has 0 amide bonds. The molecule has 1 nitrogen and oxygen atoms in total. The summed E-state index contributed by atoms with van der Waals surface area (Å²) in [7, 11) is -1.18. The highest BCUT2D eigenvalue weighted by atomic mass is 28.3. The molecule has 0 aromatic heterocycles. The van der Waals surface area contributed by atoms with E-state index in [1.54, 1.807) is 0 Å². The molecule has 0 unspecified atom stereocenters. The lowest BCUT2D eigenvalue weighted by molar-refractivity contribution is 0.359. The highest BCUT2D eigenvalue weighted by Gasteiger charge is 2.36. The van der Waals surface area contributed by atoms with Gasteiger partial charge in [0.2, 0.25) is 0 Å². The molecule has 0 aliphatic carbocycles. The number of hydrogen-bond donors (Lipinski definition) is 0. The molecule has 2 heteroatoms. The van der Waals surface area contributed by atoms with Gasteiger partial charge in [-0.15, -0.1) is 11.5 Å². The first-order valence-corrected chi connectivity index (χ1v) is 10.7. The summed E-state index contributed by atoms with van der Waals surface area (Å²) < 4.78 is 5.65. The Bertz CT molecular complexity index is 269. The Morgan fingerprint density at radius 2 is 1.71 bits per heavy atom. The van der Waals surface area contributed by atoms with Crippen LogP contribution in [0.2, 0.25) is 19.6 Å². The average Bonchev–Trinajstić information content (AvgIpc) is 2.95. The summed E-state index contributed by atoms with van der Waals surface area (Å²) >= 11 is 0. The Morgan fingerprint density at radius 3 is 2.35 bits per heavy atom. The van der Waals surface area contributed by atoms with Crippen LogP contribution in [-0.2, 0) is 4.74 Å². The molecule has 0 aromatic carbocycles. The minimum absolute atomic E-state index is 0.463. The maximum atomic E-state index is 5.65. The molecule has 0 radical (unpaired) electrons. The van der Waals surface area contributed by atoms with E-state index in [0.29, 0.717) is 12.2 Å². The van der Waals surface area contributed by atoms with Gasteiger partial charge in [0.25, 0.3) is 0 Å². The summed E-state index contributed by atoms with van der Waals surface area (Å²) in [5.74, 6) is 3.31. The highest BCUT2D eigenvalue weighted by Crippen LogP contribution is 2.29. The van der Waals surface area contributed by atoms with Crippen LogP contribution in [0.5, 0.6) is 0 Å². The molecule has 0 saturated carbocycles. The van der Waals surface area contributed by atoms with Gasteiger partial charge in [0.05, 0.1) is 12.2 Å². The van der Waals surface area contributed by atoms with E-state index in [1.807, 2.05) is 0 Å². The van der Waals surface area contributed by atoms with Crippen LogP contribution in [0.1, 0.15) is 51.9 Å². The van der Waals surface area contributed by atoms with Gasteiger partial charge in [0, 0.05) is 6.42 Å². The summed E-state index contributed by atoms with van der Waals surface area (Å²) in [4.78, 5) is 0. The van der Waals surface area contributed by atoms with Crippen molar-refractivity contribution in [2.75, 3.05) is 0 Å². The third-order valence-corrected chi connectivity index (χ3v) is 3.97. The highest BCUT2D eigenvalue weighted by molar-refractivity contribution is 6.83. The van der Waals surface area contributed by atoms with Crippen LogP contribution in [0, 0.1) is 11.5 Å². The summed E-state index contributed by atoms with van der Waals surface area (Å²) in [6, 6.07) is 0. The fourth-order valence-corrected chi connectivity index (χ4v) is 2.61. The van der Waals surface area contributed by atoms with E-state index < -0.39 is 8.07 Å². The van der Waals surface area contributed by atoms with Gasteiger partial charge < -0.3 is 4.74 Å². The van der Waals surface area contributed by atoms with Gasteiger partial charge in [0.1, 0.15) is 8.07 Å². The van der Waals surface area contributed by atoms with Crippen molar-refractivity contribution in [3.05, 3.63) is 0 Å². The van der Waals surface area contributed by atoms with E-state index in [2.05, 4.69) is 38.0 Å². The van der Waals surface area contributed by atoms with Crippen molar-refractivity contribution >= 4 is 8.07 Å². The van der Waals surface area contributed by atoms with Crippen molar-refractivity contribution in [2.45, 2.75) is 83.7 Å². The van der Waals surface area contributed by atoms with Gasteiger partial charge >= 0.3 is 0 Å². The molecule has 1 heterocycles. The van der Waals surface area contributed by atoms with E-state index in [0.717, 1.165) is 6.42 Å². The zero-order chi connectivity index (χ0) is 12.7. The maximum Gasteiger partial charge on any atom is 0.129 e. The van der Waals surface area contributed by atoms with Crippen LogP contribution in [-0.4, -0.2) is 20.3 Å². The molecule has 17 heavy (non-hydrogen) atoms.